The predicted octanol–water partition coefficient (Wildman–Crippen LogP) is 4.78. The van der Waals surface area contributed by atoms with Crippen molar-refractivity contribution in [3.05, 3.63) is 60.7 Å². The predicted molar refractivity (Wildman–Crippen MR) is 127 cm³/mol. The molecular formula is C24H29O8PS. The average Bonchev–Trinajstić information content (AvgIpc) is 3.39. The molecule has 34 heavy (non-hydrogen) atoms. The van der Waals surface area contributed by atoms with Crippen molar-refractivity contribution in [3.63, 3.8) is 0 Å². The molecule has 0 spiro atoms. The highest BCUT2D eigenvalue weighted by molar-refractivity contribution is 8.07. The molecule has 5 rings (SSSR count). The topological polar surface area (TPSA) is 73.8 Å². The molecule has 0 aliphatic carbocycles. The minimum absolute atomic E-state index is 0.336. The van der Waals surface area contributed by atoms with E-state index in [0.717, 1.165) is 0 Å². The summed E-state index contributed by atoms with van der Waals surface area (Å²) < 4.78 is 49.1. The third-order valence-corrected chi connectivity index (χ3v) is 7.67. The van der Waals surface area contributed by atoms with Crippen molar-refractivity contribution in [2.45, 2.75) is 70.0 Å². The molecule has 3 aliphatic rings. The summed E-state index contributed by atoms with van der Waals surface area (Å²) in [5.74, 6) is -0.492. The molecule has 0 N–H and O–H groups in total. The van der Waals surface area contributed by atoms with Crippen LogP contribution in [0.15, 0.2) is 60.7 Å². The van der Waals surface area contributed by atoms with Crippen LogP contribution in [0.1, 0.15) is 27.7 Å². The van der Waals surface area contributed by atoms with E-state index in [4.69, 9.17) is 49.1 Å². The van der Waals surface area contributed by atoms with Gasteiger partial charge in [-0.1, -0.05) is 36.4 Å². The van der Waals surface area contributed by atoms with Gasteiger partial charge in [0.2, 0.25) is 0 Å². The van der Waals surface area contributed by atoms with E-state index in [2.05, 4.69) is 0 Å². The zero-order valence-electron chi connectivity index (χ0n) is 19.5. The van der Waals surface area contributed by atoms with Crippen molar-refractivity contribution >= 4 is 18.5 Å². The third-order valence-electron chi connectivity index (χ3n) is 5.60. The lowest BCUT2D eigenvalue weighted by molar-refractivity contribution is -0.230. The molecule has 0 saturated carbocycles. The Morgan fingerprint density at radius 2 is 1.38 bits per heavy atom. The van der Waals surface area contributed by atoms with Crippen LogP contribution in [0.2, 0.25) is 0 Å². The van der Waals surface area contributed by atoms with Crippen LogP contribution in [0, 0.1) is 0 Å². The van der Waals surface area contributed by atoms with Crippen LogP contribution in [0.4, 0.5) is 0 Å². The monoisotopic (exact) mass is 508 g/mol. The minimum Gasteiger partial charge on any atom is -0.416 e. The highest BCUT2D eigenvalue weighted by Gasteiger charge is 2.60. The van der Waals surface area contributed by atoms with Crippen LogP contribution >= 0.6 is 6.72 Å². The highest BCUT2D eigenvalue weighted by Crippen LogP contribution is 2.54. The fraction of sp³-hybridized carbons (Fsp3) is 0.500. The Labute approximate surface area is 204 Å². The standard InChI is InChI=1S/C24H29O8PS/c1-23(2)25-15-18(27-23)19-20(21-22(26-19)29-24(3,4)28-21)32-33(34,30-16-11-7-5-8-12-16)31-17-13-9-6-10-14-17/h5-14,18-22H,15H2,1-4H3/t18-,19-,20+,21-,22-/m1/s1. The van der Waals surface area contributed by atoms with Gasteiger partial charge >= 0.3 is 6.72 Å². The summed E-state index contributed by atoms with van der Waals surface area (Å²) in [5, 5.41) is 0. The van der Waals surface area contributed by atoms with E-state index in [1.807, 2.05) is 64.1 Å². The normalized spacial score (nSPS) is 31.8. The van der Waals surface area contributed by atoms with Crippen molar-refractivity contribution in [1.82, 2.24) is 0 Å². The maximum absolute atomic E-state index is 6.52. The zero-order chi connectivity index (χ0) is 24.0. The molecular weight excluding hydrogens is 479 g/mol. The largest absolute Gasteiger partial charge is 0.435 e. The lowest BCUT2D eigenvalue weighted by atomic mass is 10.1. The van der Waals surface area contributed by atoms with Crippen LogP contribution < -0.4 is 9.05 Å². The Morgan fingerprint density at radius 3 is 1.91 bits per heavy atom. The first-order chi connectivity index (χ1) is 16.1. The van der Waals surface area contributed by atoms with Gasteiger partial charge in [0.15, 0.2) is 17.9 Å². The Kier molecular flexibility index (Phi) is 6.50. The van der Waals surface area contributed by atoms with E-state index in [9.17, 15) is 0 Å². The lowest BCUT2D eigenvalue weighted by Crippen LogP contribution is -2.44. The Hall–Kier alpha value is -1.55. The van der Waals surface area contributed by atoms with Crippen LogP contribution in [0.3, 0.4) is 0 Å². The molecule has 8 nitrogen and oxygen atoms in total. The zero-order valence-corrected chi connectivity index (χ0v) is 21.2. The minimum atomic E-state index is -3.39. The van der Waals surface area contributed by atoms with Gasteiger partial charge in [-0.05, 0) is 52.0 Å². The first-order valence-electron chi connectivity index (χ1n) is 11.2. The van der Waals surface area contributed by atoms with Crippen molar-refractivity contribution in [1.29, 1.82) is 0 Å². The summed E-state index contributed by atoms with van der Waals surface area (Å²) in [6, 6.07) is 18.4. The smallest absolute Gasteiger partial charge is 0.416 e. The van der Waals surface area contributed by atoms with Crippen LogP contribution in [0.5, 0.6) is 11.5 Å². The molecule has 3 aliphatic heterocycles. The summed E-state index contributed by atoms with van der Waals surface area (Å²) in [7, 11) is 0. The summed E-state index contributed by atoms with van der Waals surface area (Å²) >= 11 is 5.91. The summed E-state index contributed by atoms with van der Waals surface area (Å²) in [5.41, 5.74) is 0. The van der Waals surface area contributed by atoms with Gasteiger partial charge in [0.25, 0.3) is 0 Å². The number of fused-ring (bicyclic) bond motifs is 1. The fourth-order valence-corrected chi connectivity index (χ4v) is 6.47. The summed E-state index contributed by atoms with van der Waals surface area (Å²) in [6.07, 6.45) is -2.83. The van der Waals surface area contributed by atoms with Crippen molar-refractivity contribution in [2.75, 3.05) is 6.61 Å². The molecule has 0 amide bonds. The van der Waals surface area contributed by atoms with Gasteiger partial charge in [-0.3, -0.25) is 4.52 Å². The fourth-order valence-electron chi connectivity index (χ4n) is 4.23. The Balaban J connectivity index is 1.45. The van der Waals surface area contributed by atoms with Crippen molar-refractivity contribution in [3.8, 4) is 11.5 Å². The number of benzene rings is 2. The average molecular weight is 509 g/mol. The summed E-state index contributed by atoms with van der Waals surface area (Å²) in [6.45, 7) is 4.32. The quantitative estimate of drug-likeness (QED) is 0.491. The second-order valence-corrected chi connectivity index (χ2v) is 12.1. The second kappa shape index (κ2) is 9.15. The summed E-state index contributed by atoms with van der Waals surface area (Å²) in [4.78, 5) is 0. The first-order valence-corrected chi connectivity index (χ1v) is 13.8. The van der Waals surface area contributed by atoms with Gasteiger partial charge in [-0.25, -0.2) is 0 Å². The maximum atomic E-state index is 6.52. The molecule has 2 aromatic rings. The number of hydrogen-bond acceptors (Lipinski definition) is 9. The van der Waals surface area contributed by atoms with Gasteiger partial charge in [-0.2, -0.15) is 0 Å². The molecule has 3 saturated heterocycles. The molecule has 3 fully saturated rings. The van der Waals surface area contributed by atoms with Crippen LogP contribution in [-0.2, 0) is 40.0 Å². The number of ether oxygens (including phenoxy) is 5. The Morgan fingerprint density at radius 1 is 0.794 bits per heavy atom. The van der Waals surface area contributed by atoms with E-state index >= 15 is 0 Å². The van der Waals surface area contributed by atoms with E-state index in [0.29, 0.717) is 18.1 Å². The SMILES string of the molecule is CC1(C)O[C@H]2O[C@H]([C@H]3COC(C)(C)O3)[C@H](OP(=S)(Oc3ccccc3)Oc3ccccc3)[C@H]2O1. The van der Waals surface area contributed by atoms with Crippen molar-refractivity contribution in [2.24, 2.45) is 0 Å². The van der Waals surface area contributed by atoms with E-state index < -0.39 is 49.0 Å². The molecule has 0 unspecified atom stereocenters. The number of para-hydroxylation sites is 2. The first kappa shape index (κ1) is 24.2. The molecule has 184 valence electrons. The van der Waals surface area contributed by atoms with Gasteiger partial charge in [0.05, 0.1) is 6.61 Å². The van der Waals surface area contributed by atoms with Crippen LogP contribution in [0.25, 0.3) is 0 Å². The van der Waals surface area contributed by atoms with Crippen LogP contribution in [-0.4, -0.2) is 48.9 Å². The van der Waals surface area contributed by atoms with E-state index in [1.165, 1.54) is 0 Å². The van der Waals surface area contributed by atoms with Gasteiger partial charge in [0.1, 0.15) is 35.9 Å². The number of hydrogen-bond donors (Lipinski definition) is 0. The molecule has 0 radical (unpaired) electrons. The number of rotatable bonds is 7. The second-order valence-electron chi connectivity index (χ2n) is 9.26. The van der Waals surface area contributed by atoms with Gasteiger partial charge in [-0.15, -0.1) is 0 Å². The molecule has 2 aromatic carbocycles. The molecule has 5 atom stereocenters. The van der Waals surface area contributed by atoms with E-state index in [-0.39, 0.29) is 0 Å². The third kappa shape index (κ3) is 5.32. The highest BCUT2D eigenvalue weighted by atomic mass is 32.5. The lowest BCUT2D eigenvalue weighted by Gasteiger charge is -2.32. The molecule has 0 bridgehead atoms. The van der Waals surface area contributed by atoms with Crippen molar-refractivity contribution < 1.29 is 37.3 Å². The van der Waals surface area contributed by atoms with Gasteiger partial charge < -0.3 is 32.7 Å². The maximum Gasteiger partial charge on any atom is 0.435 e. The molecule has 3 heterocycles. The van der Waals surface area contributed by atoms with E-state index in [1.54, 1.807) is 24.3 Å². The molecule has 10 heteroatoms. The van der Waals surface area contributed by atoms with Gasteiger partial charge in [0, 0.05) is 11.8 Å². The Bertz CT molecular complexity index is 988. The molecule has 0 aromatic heterocycles.